The van der Waals surface area contributed by atoms with Gasteiger partial charge in [0, 0.05) is 36.8 Å². The van der Waals surface area contributed by atoms with E-state index in [4.69, 9.17) is 0 Å². The first-order chi connectivity index (χ1) is 12.6. The topological polar surface area (TPSA) is 92.2 Å². The number of amides is 2. The number of rotatable bonds is 6. The zero-order valence-corrected chi connectivity index (χ0v) is 15.7. The maximum atomic E-state index is 12.0. The Morgan fingerprint density at radius 3 is 3.04 bits per heavy atom. The van der Waals surface area contributed by atoms with E-state index >= 15 is 0 Å². The maximum absolute atomic E-state index is 12.0. The summed E-state index contributed by atoms with van der Waals surface area (Å²) in [6, 6.07) is 3.32. The Balaban J connectivity index is 1.51. The van der Waals surface area contributed by atoms with Crippen LogP contribution in [-0.4, -0.2) is 51.4 Å². The smallest absolute Gasteiger partial charge is 0.321 e. The zero-order valence-electron chi connectivity index (χ0n) is 14.9. The van der Waals surface area contributed by atoms with Gasteiger partial charge in [-0.3, -0.25) is 15.0 Å². The molecular weight excluding hydrogens is 352 g/mol. The molecule has 140 valence electrons. The first kappa shape index (κ1) is 18.5. The Morgan fingerprint density at radius 1 is 1.35 bits per heavy atom. The van der Waals surface area contributed by atoms with Gasteiger partial charge in [-0.25, -0.2) is 14.5 Å². The van der Waals surface area contributed by atoms with Crippen molar-refractivity contribution < 1.29 is 4.79 Å². The second-order valence-electron chi connectivity index (χ2n) is 6.39. The van der Waals surface area contributed by atoms with Gasteiger partial charge in [0.05, 0.1) is 12.2 Å². The van der Waals surface area contributed by atoms with E-state index < -0.39 is 0 Å². The third-order valence-electron chi connectivity index (χ3n) is 4.50. The van der Waals surface area contributed by atoms with E-state index in [0.717, 1.165) is 38.0 Å². The molecule has 0 spiro atoms. The number of carbonyl (C=O) groups excluding carboxylic acids is 1. The molecule has 1 saturated heterocycles. The molecule has 1 aliphatic heterocycles. The average Bonchev–Trinajstić information content (AvgIpc) is 3.14. The predicted octanol–water partition coefficient (Wildman–Crippen LogP) is 1.68. The molecule has 8 nitrogen and oxygen atoms in total. The van der Waals surface area contributed by atoms with Gasteiger partial charge >= 0.3 is 6.03 Å². The summed E-state index contributed by atoms with van der Waals surface area (Å²) >= 11 is 1.39. The van der Waals surface area contributed by atoms with Crippen LogP contribution in [0.15, 0.2) is 28.5 Å². The number of thiazole rings is 1. The third-order valence-corrected chi connectivity index (χ3v) is 5.19. The lowest BCUT2D eigenvalue weighted by molar-refractivity contribution is 0.139. The van der Waals surface area contributed by atoms with Crippen molar-refractivity contribution in [3.05, 3.63) is 39.8 Å². The molecule has 3 heterocycles. The highest BCUT2D eigenvalue weighted by molar-refractivity contribution is 7.13. The van der Waals surface area contributed by atoms with Crippen LogP contribution in [0.25, 0.3) is 0 Å². The molecule has 1 unspecified atom stereocenters. The van der Waals surface area contributed by atoms with Crippen LogP contribution in [0.5, 0.6) is 0 Å². The standard InChI is InChI=1S/C17H24N6O2S/c1-13-5-6-15(24)23(21-13)10-9-22-8-3-2-4-14(22)12-19-16(25)20-17-18-7-11-26-17/h5-7,11,14H,2-4,8-10,12H2,1H3,(H2,18,19,20,25). The Kier molecular flexibility index (Phi) is 6.35. The van der Waals surface area contributed by atoms with Gasteiger partial charge in [-0.1, -0.05) is 6.42 Å². The summed E-state index contributed by atoms with van der Waals surface area (Å²) in [6.45, 7) is 4.73. The van der Waals surface area contributed by atoms with Gasteiger partial charge in [0.15, 0.2) is 5.13 Å². The number of anilines is 1. The summed E-state index contributed by atoms with van der Waals surface area (Å²) in [4.78, 5) is 30.3. The van der Waals surface area contributed by atoms with Crippen molar-refractivity contribution in [1.82, 2.24) is 25.0 Å². The zero-order chi connectivity index (χ0) is 18.4. The lowest BCUT2D eigenvalue weighted by Gasteiger charge is -2.35. The van der Waals surface area contributed by atoms with Crippen LogP contribution in [0.2, 0.25) is 0 Å². The van der Waals surface area contributed by atoms with Gasteiger partial charge in [0.25, 0.3) is 5.56 Å². The fourth-order valence-electron chi connectivity index (χ4n) is 3.16. The molecule has 2 aromatic rings. The van der Waals surface area contributed by atoms with E-state index in [1.165, 1.54) is 16.0 Å². The summed E-state index contributed by atoms with van der Waals surface area (Å²) in [7, 11) is 0. The van der Waals surface area contributed by atoms with Gasteiger partial charge in [0.1, 0.15) is 0 Å². The summed E-state index contributed by atoms with van der Waals surface area (Å²) in [5.41, 5.74) is 0.755. The molecular formula is C17H24N6O2S. The number of nitrogens with zero attached hydrogens (tertiary/aromatic N) is 4. The first-order valence-corrected chi connectivity index (χ1v) is 9.73. The predicted molar refractivity (Wildman–Crippen MR) is 102 cm³/mol. The maximum Gasteiger partial charge on any atom is 0.321 e. The molecule has 0 bridgehead atoms. The Hall–Kier alpha value is -2.26. The third kappa shape index (κ3) is 5.12. The van der Waals surface area contributed by atoms with E-state index in [2.05, 4.69) is 25.6 Å². The van der Waals surface area contributed by atoms with Gasteiger partial charge < -0.3 is 5.32 Å². The minimum atomic E-state index is -0.234. The number of hydrogen-bond acceptors (Lipinski definition) is 6. The molecule has 2 aromatic heterocycles. The van der Waals surface area contributed by atoms with Gasteiger partial charge in [-0.15, -0.1) is 11.3 Å². The van der Waals surface area contributed by atoms with Crippen LogP contribution in [0.1, 0.15) is 25.0 Å². The average molecular weight is 376 g/mol. The van der Waals surface area contributed by atoms with Gasteiger partial charge in [0.2, 0.25) is 0 Å². The molecule has 26 heavy (non-hydrogen) atoms. The van der Waals surface area contributed by atoms with Crippen molar-refractivity contribution in [3.8, 4) is 0 Å². The Bertz CT molecular complexity index is 776. The Morgan fingerprint density at radius 2 is 2.23 bits per heavy atom. The van der Waals surface area contributed by atoms with Crippen molar-refractivity contribution in [2.75, 3.05) is 25.0 Å². The highest BCUT2D eigenvalue weighted by atomic mass is 32.1. The number of aryl methyl sites for hydroxylation is 1. The fraction of sp³-hybridized carbons (Fsp3) is 0.529. The van der Waals surface area contributed by atoms with E-state index in [0.29, 0.717) is 18.2 Å². The summed E-state index contributed by atoms with van der Waals surface area (Å²) < 4.78 is 1.52. The second kappa shape index (κ2) is 8.91. The molecule has 0 aliphatic carbocycles. The molecule has 9 heteroatoms. The number of piperidine rings is 1. The molecule has 3 rings (SSSR count). The van der Waals surface area contributed by atoms with E-state index in [-0.39, 0.29) is 17.6 Å². The monoisotopic (exact) mass is 376 g/mol. The number of carbonyl (C=O) groups is 1. The lowest BCUT2D eigenvalue weighted by Crippen LogP contribution is -2.48. The minimum Gasteiger partial charge on any atom is -0.336 e. The highest BCUT2D eigenvalue weighted by Crippen LogP contribution is 2.16. The normalized spacial score (nSPS) is 17.8. The van der Waals surface area contributed by atoms with Crippen molar-refractivity contribution in [1.29, 1.82) is 0 Å². The molecule has 0 saturated carbocycles. The van der Waals surface area contributed by atoms with Gasteiger partial charge in [-0.05, 0) is 32.4 Å². The van der Waals surface area contributed by atoms with Crippen LogP contribution in [0.4, 0.5) is 9.93 Å². The van der Waals surface area contributed by atoms with Crippen LogP contribution in [0.3, 0.4) is 0 Å². The minimum absolute atomic E-state index is 0.0786. The van der Waals surface area contributed by atoms with Crippen LogP contribution >= 0.6 is 11.3 Å². The van der Waals surface area contributed by atoms with Crippen molar-refractivity contribution >= 4 is 22.5 Å². The molecule has 1 fully saturated rings. The SMILES string of the molecule is Cc1ccc(=O)n(CCN2CCCCC2CNC(=O)Nc2nccs2)n1. The van der Waals surface area contributed by atoms with Crippen LogP contribution in [0, 0.1) is 6.92 Å². The summed E-state index contributed by atoms with van der Waals surface area (Å²) in [5.74, 6) is 0. The molecule has 1 atom stereocenters. The summed E-state index contributed by atoms with van der Waals surface area (Å²) in [6.07, 6.45) is 4.98. The van der Waals surface area contributed by atoms with Crippen LogP contribution in [-0.2, 0) is 6.54 Å². The summed E-state index contributed by atoms with van der Waals surface area (Å²) in [5, 5.41) is 12.4. The largest absolute Gasteiger partial charge is 0.336 e. The number of likely N-dealkylation sites (tertiary alicyclic amines) is 1. The Labute approximate surface area is 156 Å². The van der Waals surface area contributed by atoms with Crippen molar-refractivity contribution in [2.45, 2.75) is 38.8 Å². The molecule has 2 amide bonds. The van der Waals surface area contributed by atoms with Crippen molar-refractivity contribution in [2.24, 2.45) is 0 Å². The van der Waals surface area contributed by atoms with E-state index in [1.54, 1.807) is 18.3 Å². The lowest BCUT2D eigenvalue weighted by atomic mass is 10.0. The number of hydrogen-bond donors (Lipinski definition) is 2. The van der Waals surface area contributed by atoms with E-state index in [9.17, 15) is 9.59 Å². The number of aromatic nitrogens is 3. The number of urea groups is 1. The van der Waals surface area contributed by atoms with Gasteiger partial charge in [-0.2, -0.15) is 5.10 Å². The molecule has 0 radical (unpaired) electrons. The van der Waals surface area contributed by atoms with Crippen molar-refractivity contribution in [3.63, 3.8) is 0 Å². The second-order valence-corrected chi connectivity index (χ2v) is 7.29. The number of nitrogens with one attached hydrogen (secondary N) is 2. The fourth-order valence-corrected chi connectivity index (χ4v) is 3.68. The first-order valence-electron chi connectivity index (χ1n) is 8.85. The highest BCUT2D eigenvalue weighted by Gasteiger charge is 2.22. The molecule has 1 aliphatic rings. The molecule has 2 N–H and O–H groups in total. The van der Waals surface area contributed by atoms with E-state index in [1.807, 2.05) is 12.3 Å². The quantitative estimate of drug-likeness (QED) is 0.800. The molecule has 0 aromatic carbocycles. The van der Waals surface area contributed by atoms with Crippen LogP contribution < -0.4 is 16.2 Å².